The van der Waals surface area contributed by atoms with Gasteiger partial charge in [-0.3, -0.25) is 9.59 Å². The Morgan fingerprint density at radius 3 is 2.21 bits per heavy atom. The number of thiocarbonyl (C=S) groups is 1. The molecule has 1 heterocycles. The Morgan fingerprint density at radius 2 is 1.79 bits per heavy atom. The van der Waals surface area contributed by atoms with Crippen molar-refractivity contribution in [2.45, 2.75) is 6.92 Å². The van der Waals surface area contributed by atoms with E-state index < -0.39 is 11.8 Å². The molecule has 0 aliphatic carbocycles. The molecule has 102 valence electrons. The molecule has 0 aliphatic rings. The van der Waals surface area contributed by atoms with Crippen LogP contribution < -0.4 is 22.1 Å². The molecule has 1 aromatic rings. The molecular weight excluding hydrogens is 266 g/mol. The van der Waals surface area contributed by atoms with Crippen molar-refractivity contribution in [2.24, 2.45) is 17.2 Å². The second kappa shape index (κ2) is 6.10. The number of pyridine rings is 1. The van der Waals surface area contributed by atoms with Crippen LogP contribution >= 0.6 is 12.2 Å². The largest absolute Gasteiger partial charge is 0.389 e. The molecule has 2 amide bonds. The van der Waals surface area contributed by atoms with Crippen molar-refractivity contribution < 1.29 is 9.59 Å². The summed E-state index contributed by atoms with van der Waals surface area (Å²) in [5, 5.41) is 0. The van der Waals surface area contributed by atoms with Gasteiger partial charge in [-0.05, 0) is 18.6 Å². The van der Waals surface area contributed by atoms with E-state index >= 15 is 0 Å². The minimum atomic E-state index is -0.613. The van der Waals surface area contributed by atoms with E-state index in [1.165, 1.54) is 11.1 Å². The number of hydrogen-bond donors (Lipinski definition) is 3. The summed E-state index contributed by atoms with van der Waals surface area (Å²) in [4.78, 5) is 27.7. The van der Waals surface area contributed by atoms with Crippen molar-refractivity contribution in [1.29, 1.82) is 0 Å². The standard InChI is InChI=1S/C11H15N5O2S/c1-6-2-3-15-11(9(6)10(14)19)16(4-7(12)17)5-8(13)18/h2-3H,4-5H2,1H3,(H2,12,17)(H2,13,18)(H2,14,19). The van der Waals surface area contributed by atoms with E-state index in [9.17, 15) is 9.59 Å². The number of rotatable bonds is 6. The number of primary amides is 2. The summed E-state index contributed by atoms with van der Waals surface area (Å²) in [6.45, 7) is 1.40. The summed E-state index contributed by atoms with van der Waals surface area (Å²) in [6, 6.07) is 1.73. The summed E-state index contributed by atoms with van der Waals surface area (Å²) in [6.07, 6.45) is 1.53. The van der Waals surface area contributed by atoms with Crippen LogP contribution in [-0.2, 0) is 9.59 Å². The first-order valence-corrected chi connectivity index (χ1v) is 5.80. The first kappa shape index (κ1) is 14.8. The maximum Gasteiger partial charge on any atom is 0.237 e. The van der Waals surface area contributed by atoms with E-state index in [2.05, 4.69) is 4.98 Å². The van der Waals surface area contributed by atoms with Gasteiger partial charge in [-0.15, -0.1) is 0 Å². The van der Waals surface area contributed by atoms with Crippen molar-refractivity contribution >= 4 is 34.8 Å². The zero-order chi connectivity index (χ0) is 14.6. The number of hydrogen-bond acceptors (Lipinski definition) is 5. The van der Waals surface area contributed by atoms with Crippen molar-refractivity contribution in [3.05, 3.63) is 23.4 Å². The van der Waals surface area contributed by atoms with Crippen LogP contribution in [0.5, 0.6) is 0 Å². The second-order valence-electron chi connectivity index (χ2n) is 3.98. The van der Waals surface area contributed by atoms with Crippen molar-refractivity contribution in [3.63, 3.8) is 0 Å². The van der Waals surface area contributed by atoms with Gasteiger partial charge >= 0.3 is 0 Å². The minimum Gasteiger partial charge on any atom is -0.389 e. The summed E-state index contributed by atoms with van der Waals surface area (Å²) in [5.74, 6) is -0.901. The van der Waals surface area contributed by atoms with Crippen LogP contribution in [0.25, 0.3) is 0 Å². The SMILES string of the molecule is Cc1ccnc(N(CC(N)=O)CC(N)=O)c1C(N)=S. The predicted octanol–water partition coefficient (Wildman–Crippen LogP) is -1.20. The fourth-order valence-corrected chi connectivity index (χ4v) is 1.92. The molecule has 0 fully saturated rings. The average Bonchev–Trinajstić information content (AvgIpc) is 2.25. The van der Waals surface area contributed by atoms with Crippen LogP contribution in [0.15, 0.2) is 12.3 Å². The van der Waals surface area contributed by atoms with E-state index in [1.807, 2.05) is 0 Å². The fraction of sp³-hybridized carbons (Fsp3) is 0.273. The number of aryl methyl sites for hydroxylation is 1. The lowest BCUT2D eigenvalue weighted by Gasteiger charge is -2.23. The Labute approximate surface area is 115 Å². The molecule has 8 heteroatoms. The molecule has 0 atom stereocenters. The molecule has 0 unspecified atom stereocenters. The van der Waals surface area contributed by atoms with E-state index in [0.717, 1.165) is 5.56 Å². The highest BCUT2D eigenvalue weighted by Crippen LogP contribution is 2.20. The lowest BCUT2D eigenvalue weighted by molar-refractivity contribution is -0.117. The van der Waals surface area contributed by atoms with Gasteiger partial charge in [-0.1, -0.05) is 12.2 Å². The molecule has 0 bridgehead atoms. The topological polar surface area (TPSA) is 128 Å². The molecule has 0 aliphatic heterocycles. The Balaban J connectivity index is 3.28. The van der Waals surface area contributed by atoms with E-state index in [1.54, 1.807) is 13.0 Å². The van der Waals surface area contributed by atoms with Gasteiger partial charge in [-0.25, -0.2) is 4.98 Å². The minimum absolute atomic E-state index is 0.125. The Kier molecular flexibility index (Phi) is 4.76. The first-order chi connectivity index (χ1) is 8.82. The molecule has 0 radical (unpaired) electrons. The maximum atomic E-state index is 11.1. The normalized spacial score (nSPS) is 9.95. The average molecular weight is 281 g/mol. The lowest BCUT2D eigenvalue weighted by atomic mass is 10.1. The van der Waals surface area contributed by atoms with E-state index in [4.69, 9.17) is 29.4 Å². The molecular formula is C11H15N5O2S. The van der Waals surface area contributed by atoms with Crippen LogP contribution in [0, 0.1) is 6.92 Å². The van der Waals surface area contributed by atoms with Crippen LogP contribution in [0.3, 0.4) is 0 Å². The lowest BCUT2D eigenvalue weighted by Crippen LogP contribution is -2.41. The fourth-order valence-electron chi connectivity index (χ4n) is 1.67. The monoisotopic (exact) mass is 281 g/mol. The highest BCUT2D eigenvalue weighted by molar-refractivity contribution is 7.80. The zero-order valence-electron chi connectivity index (χ0n) is 10.4. The molecule has 0 spiro atoms. The Hall–Kier alpha value is -2.22. The van der Waals surface area contributed by atoms with Crippen LogP contribution in [0.4, 0.5) is 5.82 Å². The van der Waals surface area contributed by atoms with Gasteiger partial charge in [0.05, 0.1) is 18.7 Å². The van der Waals surface area contributed by atoms with Crippen LogP contribution in [0.1, 0.15) is 11.1 Å². The molecule has 0 saturated heterocycles. The van der Waals surface area contributed by atoms with Crippen molar-refractivity contribution in [3.8, 4) is 0 Å². The number of aromatic nitrogens is 1. The number of amides is 2. The van der Waals surface area contributed by atoms with E-state index in [-0.39, 0.29) is 18.1 Å². The van der Waals surface area contributed by atoms with Gasteiger partial charge in [0, 0.05) is 6.20 Å². The third kappa shape index (κ3) is 3.88. The Morgan fingerprint density at radius 1 is 1.26 bits per heavy atom. The molecule has 7 nitrogen and oxygen atoms in total. The number of anilines is 1. The summed E-state index contributed by atoms with van der Waals surface area (Å²) in [5.41, 5.74) is 17.2. The number of carbonyl (C=O) groups excluding carboxylic acids is 2. The van der Waals surface area contributed by atoms with Gasteiger partial charge < -0.3 is 22.1 Å². The molecule has 6 N–H and O–H groups in total. The van der Waals surface area contributed by atoms with Gasteiger partial charge in [0.2, 0.25) is 11.8 Å². The highest BCUT2D eigenvalue weighted by atomic mass is 32.1. The molecule has 1 aromatic heterocycles. The maximum absolute atomic E-state index is 11.1. The first-order valence-electron chi connectivity index (χ1n) is 5.40. The number of nitrogens with zero attached hydrogens (tertiary/aromatic N) is 2. The van der Waals surface area contributed by atoms with Crippen LogP contribution in [0.2, 0.25) is 0 Å². The smallest absolute Gasteiger partial charge is 0.237 e. The molecule has 1 rings (SSSR count). The van der Waals surface area contributed by atoms with Gasteiger partial charge in [0.1, 0.15) is 10.8 Å². The highest BCUT2D eigenvalue weighted by Gasteiger charge is 2.19. The molecule has 0 saturated carbocycles. The van der Waals surface area contributed by atoms with Crippen molar-refractivity contribution in [2.75, 3.05) is 18.0 Å². The Bertz CT molecular complexity index is 516. The summed E-state index contributed by atoms with van der Waals surface area (Å²) < 4.78 is 0. The van der Waals surface area contributed by atoms with Crippen molar-refractivity contribution in [1.82, 2.24) is 4.98 Å². The number of nitrogens with two attached hydrogens (primary N) is 3. The molecule has 0 aromatic carbocycles. The van der Waals surface area contributed by atoms with Gasteiger partial charge in [0.15, 0.2) is 0 Å². The predicted molar refractivity (Wildman–Crippen MR) is 75.5 cm³/mol. The second-order valence-corrected chi connectivity index (χ2v) is 4.42. The summed E-state index contributed by atoms with van der Waals surface area (Å²) in [7, 11) is 0. The third-order valence-corrected chi connectivity index (χ3v) is 2.58. The third-order valence-electron chi connectivity index (χ3n) is 2.38. The summed E-state index contributed by atoms with van der Waals surface area (Å²) >= 11 is 4.96. The van der Waals surface area contributed by atoms with Gasteiger partial charge in [-0.2, -0.15) is 0 Å². The zero-order valence-corrected chi connectivity index (χ0v) is 11.2. The van der Waals surface area contributed by atoms with E-state index in [0.29, 0.717) is 11.4 Å². The quantitative estimate of drug-likeness (QED) is 0.562. The molecule has 19 heavy (non-hydrogen) atoms. The van der Waals surface area contributed by atoms with Gasteiger partial charge in [0.25, 0.3) is 0 Å². The number of carbonyl (C=O) groups is 2. The van der Waals surface area contributed by atoms with Crippen LogP contribution in [-0.4, -0.2) is 34.9 Å².